The Balaban J connectivity index is 1.32. The number of β-amino-alcohol motifs (C(OH)–C–C–N with tert-alkyl or cyclic N) is 1. The van der Waals surface area contributed by atoms with Gasteiger partial charge in [-0.2, -0.15) is 0 Å². The number of hydrogen-bond acceptors (Lipinski definition) is 4. The minimum atomic E-state index is -0.950. The monoisotopic (exact) mass is 408 g/mol. The van der Waals surface area contributed by atoms with E-state index in [0.717, 1.165) is 41.7 Å². The van der Waals surface area contributed by atoms with E-state index in [0.29, 0.717) is 18.6 Å². The number of amides is 3. The van der Waals surface area contributed by atoms with Crippen molar-refractivity contribution in [1.29, 1.82) is 0 Å². The first-order chi connectivity index (χ1) is 14.6. The Hall–Kier alpha value is -2.86. The van der Waals surface area contributed by atoms with Crippen molar-refractivity contribution in [3.8, 4) is 16.9 Å². The molecule has 1 saturated carbocycles. The molecule has 6 heteroatoms. The lowest BCUT2D eigenvalue weighted by molar-refractivity contribution is -0.132. The average Bonchev–Trinajstić information content (AvgIpc) is 2.93. The Morgan fingerprint density at radius 3 is 2.23 bits per heavy atom. The summed E-state index contributed by atoms with van der Waals surface area (Å²) in [4.78, 5) is 26.5. The highest BCUT2D eigenvalue weighted by molar-refractivity contribution is 6.07. The van der Waals surface area contributed by atoms with E-state index in [2.05, 4.69) is 5.32 Å². The second kappa shape index (κ2) is 8.88. The fourth-order valence-electron chi connectivity index (χ4n) is 4.34. The molecule has 4 rings (SSSR count). The molecule has 0 radical (unpaired) electrons. The van der Waals surface area contributed by atoms with Crippen LogP contribution < -0.4 is 10.1 Å². The molecule has 1 aliphatic carbocycles. The number of ether oxygens (including phenoxy) is 1. The summed E-state index contributed by atoms with van der Waals surface area (Å²) in [5.41, 5.74) is 1.42. The molecule has 158 valence electrons. The lowest BCUT2D eigenvalue weighted by Crippen LogP contribution is -2.47. The van der Waals surface area contributed by atoms with Crippen LogP contribution in [0.3, 0.4) is 0 Å². The topological polar surface area (TPSA) is 78.9 Å². The summed E-state index contributed by atoms with van der Waals surface area (Å²) in [5.74, 6) is 0.423. The average molecular weight is 408 g/mol. The molecule has 2 aliphatic rings. The maximum atomic E-state index is 12.9. The van der Waals surface area contributed by atoms with Gasteiger partial charge in [0.25, 0.3) is 5.91 Å². The number of hydrogen-bond donors (Lipinski definition) is 2. The summed E-state index contributed by atoms with van der Waals surface area (Å²) < 4.78 is 5.68. The molecular weight excluding hydrogens is 380 g/mol. The number of urea groups is 1. The lowest BCUT2D eigenvalue weighted by atomic mass is 9.90. The van der Waals surface area contributed by atoms with Crippen molar-refractivity contribution in [2.24, 2.45) is 0 Å². The molecule has 2 aromatic carbocycles. The van der Waals surface area contributed by atoms with Gasteiger partial charge >= 0.3 is 6.03 Å². The lowest BCUT2D eigenvalue weighted by Gasteiger charge is -2.25. The number of nitrogens with zero attached hydrogens (tertiary/aromatic N) is 1. The Bertz CT molecular complexity index is 874. The number of nitrogens with one attached hydrogen (secondary N) is 1. The van der Waals surface area contributed by atoms with E-state index in [9.17, 15) is 14.7 Å². The highest BCUT2D eigenvalue weighted by Crippen LogP contribution is 2.32. The number of aliphatic hydroxyl groups is 1. The van der Waals surface area contributed by atoms with Gasteiger partial charge in [-0.05, 0) is 36.1 Å². The van der Waals surface area contributed by atoms with Gasteiger partial charge in [0.2, 0.25) is 0 Å². The van der Waals surface area contributed by atoms with Crippen LogP contribution in [0.4, 0.5) is 4.79 Å². The quantitative estimate of drug-likeness (QED) is 0.714. The highest BCUT2D eigenvalue weighted by Gasteiger charge is 2.50. The minimum Gasteiger partial charge on any atom is -0.491 e. The highest BCUT2D eigenvalue weighted by atomic mass is 16.5. The van der Waals surface area contributed by atoms with Crippen molar-refractivity contribution in [2.75, 3.05) is 13.2 Å². The van der Waals surface area contributed by atoms with Crippen molar-refractivity contribution in [3.05, 3.63) is 54.6 Å². The van der Waals surface area contributed by atoms with Crippen molar-refractivity contribution < 1.29 is 19.4 Å². The standard InChI is InChI=1S/C24H28N2O4/c27-20(16-26-22(28)24(25-23(26)29)14-6-1-2-7-15-24)17-30-21-12-10-19(11-13-21)18-8-4-3-5-9-18/h3-5,8-13,20,27H,1-2,6-7,14-17H2,(H,25,29). The number of rotatable bonds is 6. The number of imide groups is 1. The molecule has 1 saturated heterocycles. The van der Waals surface area contributed by atoms with Crippen LogP contribution in [0, 0.1) is 0 Å². The second-order valence-corrected chi connectivity index (χ2v) is 8.20. The third-order valence-corrected chi connectivity index (χ3v) is 6.00. The van der Waals surface area contributed by atoms with Gasteiger partial charge in [-0.15, -0.1) is 0 Å². The van der Waals surface area contributed by atoms with Crippen molar-refractivity contribution in [2.45, 2.75) is 50.2 Å². The molecule has 1 unspecified atom stereocenters. The normalized spacial score (nSPS) is 19.4. The van der Waals surface area contributed by atoms with Crippen molar-refractivity contribution in [3.63, 3.8) is 0 Å². The third kappa shape index (κ3) is 4.33. The summed E-state index contributed by atoms with van der Waals surface area (Å²) in [6.45, 7) is -0.0523. The van der Waals surface area contributed by atoms with Gasteiger partial charge in [0.1, 0.15) is 24.0 Å². The first kappa shape index (κ1) is 20.4. The Kier molecular flexibility index (Phi) is 6.04. The number of aliphatic hydroxyl groups excluding tert-OH is 1. The minimum absolute atomic E-state index is 0.00867. The zero-order valence-electron chi connectivity index (χ0n) is 17.0. The second-order valence-electron chi connectivity index (χ2n) is 8.20. The van der Waals surface area contributed by atoms with Gasteiger partial charge < -0.3 is 15.2 Å². The molecule has 1 heterocycles. The summed E-state index contributed by atoms with van der Waals surface area (Å²) in [7, 11) is 0. The van der Waals surface area contributed by atoms with Crippen molar-refractivity contribution >= 4 is 11.9 Å². The summed E-state index contributed by atoms with van der Waals surface area (Å²) in [5, 5.41) is 13.3. The maximum Gasteiger partial charge on any atom is 0.325 e. The predicted molar refractivity (Wildman–Crippen MR) is 114 cm³/mol. The molecule has 1 spiro atoms. The van der Waals surface area contributed by atoms with Crippen LogP contribution in [0.15, 0.2) is 54.6 Å². The van der Waals surface area contributed by atoms with Gasteiger partial charge in [-0.1, -0.05) is 68.1 Å². The van der Waals surface area contributed by atoms with Crippen LogP contribution >= 0.6 is 0 Å². The molecule has 2 N–H and O–H groups in total. The number of carbonyl (C=O) groups is 2. The van der Waals surface area contributed by atoms with E-state index in [1.54, 1.807) is 0 Å². The summed E-state index contributed by atoms with van der Waals surface area (Å²) >= 11 is 0. The van der Waals surface area contributed by atoms with Crippen LogP contribution in [0.25, 0.3) is 11.1 Å². The summed E-state index contributed by atoms with van der Waals surface area (Å²) in [6.07, 6.45) is 4.45. The molecule has 6 nitrogen and oxygen atoms in total. The van der Waals surface area contributed by atoms with Gasteiger partial charge in [0, 0.05) is 0 Å². The number of benzene rings is 2. The molecule has 30 heavy (non-hydrogen) atoms. The van der Waals surface area contributed by atoms with E-state index >= 15 is 0 Å². The van der Waals surface area contributed by atoms with E-state index < -0.39 is 17.7 Å². The Morgan fingerprint density at radius 1 is 0.933 bits per heavy atom. The predicted octanol–water partition coefficient (Wildman–Crippen LogP) is 3.74. The molecule has 3 amide bonds. The molecule has 1 atom stereocenters. The van der Waals surface area contributed by atoms with Crippen LogP contribution in [0.2, 0.25) is 0 Å². The van der Waals surface area contributed by atoms with Crippen LogP contribution in [0.5, 0.6) is 5.75 Å². The maximum absolute atomic E-state index is 12.9. The van der Waals surface area contributed by atoms with Gasteiger partial charge in [0.15, 0.2) is 0 Å². The van der Waals surface area contributed by atoms with Gasteiger partial charge in [0.05, 0.1) is 6.54 Å². The van der Waals surface area contributed by atoms with Crippen molar-refractivity contribution in [1.82, 2.24) is 10.2 Å². The summed E-state index contributed by atoms with van der Waals surface area (Å²) in [6, 6.07) is 17.3. The fraction of sp³-hybridized carbons (Fsp3) is 0.417. The first-order valence-electron chi connectivity index (χ1n) is 10.7. The molecule has 2 aromatic rings. The zero-order valence-corrected chi connectivity index (χ0v) is 17.0. The van der Waals surface area contributed by atoms with Crippen LogP contribution in [-0.2, 0) is 4.79 Å². The molecule has 0 aromatic heterocycles. The largest absolute Gasteiger partial charge is 0.491 e. The molecule has 1 aliphatic heterocycles. The Morgan fingerprint density at radius 2 is 1.57 bits per heavy atom. The first-order valence-corrected chi connectivity index (χ1v) is 10.7. The molecule has 2 fully saturated rings. The van der Waals surface area contributed by atoms with Gasteiger partial charge in [-0.25, -0.2) is 4.79 Å². The third-order valence-electron chi connectivity index (χ3n) is 6.00. The molecule has 0 bridgehead atoms. The van der Waals surface area contributed by atoms with Crippen LogP contribution in [-0.4, -0.2) is 46.7 Å². The van der Waals surface area contributed by atoms with Crippen LogP contribution in [0.1, 0.15) is 38.5 Å². The van der Waals surface area contributed by atoms with E-state index in [1.807, 2.05) is 54.6 Å². The Labute approximate surface area is 176 Å². The van der Waals surface area contributed by atoms with E-state index in [-0.39, 0.29) is 19.1 Å². The number of carbonyl (C=O) groups excluding carboxylic acids is 2. The van der Waals surface area contributed by atoms with E-state index in [1.165, 1.54) is 0 Å². The zero-order chi connectivity index (χ0) is 21.0. The smallest absolute Gasteiger partial charge is 0.325 e. The SMILES string of the molecule is O=C1NC2(CCCCCC2)C(=O)N1CC(O)COc1ccc(-c2ccccc2)cc1. The fourth-order valence-corrected chi connectivity index (χ4v) is 4.34. The molecular formula is C24H28N2O4. The van der Waals surface area contributed by atoms with Gasteiger partial charge in [-0.3, -0.25) is 9.69 Å². The van der Waals surface area contributed by atoms with E-state index in [4.69, 9.17) is 4.74 Å².